The number of hydrogen-bond acceptors (Lipinski definition) is 4. The largest absolute Gasteiger partial charge is 0.384 e. The second-order valence-corrected chi connectivity index (χ2v) is 7.97. The summed E-state index contributed by atoms with van der Waals surface area (Å²) in [6.45, 7) is 2.78. The minimum absolute atomic E-state index is 0.0142. The first kappa shape index (κ1) is 19.4. The van der Waals surface area contributed by atoms with Crippen molar-refractivity contribution in [1.29, 1.82) is 0 Å². The van der Waals surface area contributed by atoms with Crippen LogP contribution in [0.4, 0.5) is 0 Å². The van der Waals surface area contributed by atoms with Crippen LogP contribution in [0.5, 0.6) is 0 Å². The lowest BCUT2D eigenvalue weighted by Crippen LogP contribution is -2.54. The van der Waals surface area contributed by atoms with Gasteiger partial charge in [-0.15, -0.1) is 0 Å². The molecule has 2 fully saturated rings. The molecule has 6 nitrogen and oxygen atoms in total. The molecule has 0 aromatic heterocycles. The van der Waals surface area contributed by atoms with E-state index in [1.807, 2.05) is 17.1 Å². The van der Waals surface area contributed by atoms with Gasteiger partial charge in [0.25, 0.3) is 0 Å². The smallest absolute Gasteiger partial charge is 0.229 e. The zero-order valence-electron chi connectivity index (χ0n) is 15.9. The molecular weight excluding hydrogens is 332 g/mol. The SMILES string of the molecule is COCC1(C(=O)NC2C=CCN(C(=O)CCCC3CC3)C2)CCOCC1. The lowest BCUT2D eigenvalue weighted by molar-refractivity contribution is -0.142. The van der Waals surface area contributed by atoms with Gasteiger partial charge in [0.1, 0.15) is 0 Å². The number of ether oxygens (including phenoxy) is 2. The highest BCUT2D eigenvalue weighted by atomic mass is 16.5. The highest BCUT2D eigenvalue weighted by Gasteiger charge is 2.41. The predicted octanol–water partition coefficient (Wildman–Crippen LogP) is 1.89. The van der Waals surface area contributed by atoms with E-state index in [9.17, 15) is 9.59 Å². The Morgan fingerprint density at radius 1 is 1.31 bits per heavy atom. The minimum atomic E-state index is -0.516. The summed E-state index contributed by atoms with van der Waals surface area (Å²) in [5.41, 5.74) is -0.516. The molecule has 2 heterocycles. The number of carbonyl (C=O) groups excluding carboxylic acids is 2. The van der Waals surface area contributed by atoms with E-state index in [1.165, 1.54) is 19.3 Å². The fraction of sp³-hybridized carbons (Fsp3) is 0.800. The van der Waals surface area contributed by atoms with E-state index in [2.05, 4.69) is 5.32 Å². The van der Waals surface area contributed by atoms with Gasteiger partial charge in [-0.3, -0.25) is 9.59 Å². The van der Waals surface area contributed by atoms with Crippen molar-refractivity contribution in [3.05, 3.63) is 12.2 Å². The first-order valence-corrected chi connectivity index (χ1v) is 9.95. The summed E-state index contributed by atoms with van der Waals surface area (Å²) in [5.74, 6) is 1.08. The van der Waals surface area contributed by atoms with Crippen molar-refractivity contribution in [2.75, 3.05) is 40.0 Å². The maximum atomic E-state index is 12.9. The zero-order valence-corrected chi connectivity index (χ0v) is 15.9. The van der Waals surface area contributed by atoms with Crippen LogP contribution in [0, 0.1) is 11.3 Å². The molecule has 1 unspecified atom stereocenters. The maximum Gasteiger partial charge on any atom is 0.229 e. The Morgan fingerprint density at radius 3 is 2.77 bits per heavy atom. The fourth-order valence-corrected chi connectivity index (χ4v) is 3.93. The van der Waals surface area contributed by atoms with Crippen LogP contribution >= 0.6 is 0 Å². The van der Waals surface area contributed by atoms with Crippen molar-refractivity contribution in [2.24, 2.45) is 11.3 Å². The van der Waals surface area contributed by atoms with Gasteiger partial charge in [-0.05, 0) is 31.6 Å². The van der Waals surface area contributed by atoms with E-state index in [-0.39, 0.29) is 17.9 Å². The summed E-state index contributed by atoms with van der Waals surface area (Å²) in [6, 6.07) is -0.125. The van der Waals surface area contributed by atoms with Crippen LogP contribution in [0.15, 0.2) is 12.2 Å². The second-order valence-electron chi connectivity index (χ2n) is 7.97. The molecule has 1 saturated carbocycles. The molecule has 1 saturated heterocycles. The molecule has 2 amide bonds. The molecule has 2 aliphatic heterocycles. The number of carbonyl (C=O) groups is 2. The maximum absolute atomic E-state index is 12.9. The van der Waals surface area contributed by atoms with Gasteiger partial charge >= 0.3 is 0 Å². The number of methoxy groups -OCH3 is 1. The number of amides is 2. The quantitative estimate of drug-likeness (QED) is 0.668. The fourth-order valence-electron chi connectivity index (χ4n) is 3.93. The van der Waals surface area contributed by atoms with Gasteiger partial charge in [0, 0.05) is 39.8 Å². The van der Waals surface area contributed by atoms with Crippen molar-refractivity contribution in [2.45, 2.75) is 51.0 Å². The number of nitrogens with one attached hydrogen (secondary N) is 1. The number of hydrogen-bond donors (Lipinski definition) is 1. The summed E-state index contributed by atoms with van der Waals surface area (Å²) in [4.78, 5) is 27.2. The third-order valence-electron chi connectivity index (χ3n) is 5.83. The Kier molecular flexibility index (Phi) is 6.70. The van der Waals surface area contributed by atoms with Crippen molar-refractivity contribution in [1.82, 2.24) is 10.2 Å². The summed E-state index contributed by atoms with van der Waals surface area (Å²) in [7, 11) is 1.63. The molecule has 146 valence electrons. The zero-order chi connectivity index (χ0) is 18.4. The molecule has 0 aromatic rings. The monoisotopic (exact) mass is 364 g/mol. The number of nitrogens with zero attached hydrogens (tertiary/aromatic N) is 1. The van der Waals surface area contributed by atoms with Gasteiger partial charge in [0.15, 0.2) is 0 Å². The van der Waals surface area contributed by atoms with Gasteiger partial charge in [0.05, 0.1) is 18.1 Å². The molecule has 1 atom stereocenters. The lowest BCUT2D eigenvalue weighted by atomic mass is 9.79. The Morgan fingerprint density at radius 2 is 2.08 bits per heavy atom. The molecular formula is C20H32N2O4. The van der Waals surface area contributed by atoms with Crippen LogP contribution in [0.25, 0.3) is 0 Å². The van der Waals surface area contributed by atoms with Crippen molar-refractivity contribution >= 4 is 11.8 Å². The molecule has 3 rings (SSSR count). The van der Waals surface area contributed by atoms with Crippen LogP contribution in [0.1, 0.15) is 44.9 Å². The molecule has 0 radical (unpaired) electrons. The standard InChI is InChI=1S/C20H32N2O4/c1-25-15-20(9-12-26-13-10-20)19(24)21-17-5-3-11-22(14-17)18(23)6-2-4-16-7-8-16/h3,5,16-17H,2,4,6-15H2,1H3,(H,21,24). The normalized spacial score (nSPS) is 25.1. The van der Waals surface area contributed by atoms with E-state index >= 15 is 0 Å². The third-order valence-corrected chi connectivity index (χ3v) is 5.83. The van der Waals surface area contributed by atoms with Crippen LogP contribution in [-0.4, -0.2) is 62.8 Å². The van der Waals surface area contributed by atoms with Crippen LogP contribution in [0.3, 0.4) is 0 Å². The van der Waals surface area contributed by atoms with Crippen LogP contribution < -0.4 is 5.32 Å². The second kappa shape index (κ2) is 9.00. The Labute approximate surface area is 156 Å². The summed E-state index contributed by atoms with van der Waals surface area (Å²) < 4.78 is 10.7. The van der Waals surface area contributed by atoms with Crippen molar-refractivity contribution < 1.29 is 19.1 Å². The van der Waals surface area contributed by atoms with E-state index < -0.39 is 5.41 Å². The van der Waals surface area contributed by atoms with Gasteiger partial charge < -0.3 is 19.7 Å². The molecule has 3 aliphatic rings. The predicted molar refractivity (Wildman–Crippen MR) is 98.6 cm³/mol. The summed E-state index contributed by atoms with van der Waals surface area (Å²) in [5, 5.41) is 3.13. The van der Waals surface area contributed by atoms with E-state index in [4.69, 9.17) is 9.47 Å². The molecule has 6 heteroatoms. The minimum Gasteiger partial charge on any atom is -0.384 e. The third kappa shape index (κ3) is 5.07. The van der Waals surface area contributed by atoms with E-state index in [0.29, 0.717) is 52.2 Å². The summed E-state index contributed by atoms with van der Waals surface area (Å²) >= 11 is 0. The van der Waals surface area contributed by atoms with E-state index in [0.717, 1.165) is 12.3 Å². The molecule has 1 N–H and O–H groups in total. The van der Waals surface area contributed by atoms with Crippen molar-refractivity contribution in [3.63, 3.8) is 0 Å². The lowest BCUT2D eigenvalue weighted by Gasteiger charge is -2.37. The first-order chi connectivity index (χ1) is 12.6. The van der Waals surface area contributed by atoms with Crippen molar-refractivity contribution in [3.8, 4) is 0 Å². The van der Waals surface area contributed by atoms with Gasteiger partial charge in [-0.25, -0.2) is 0 Å². The highest BCUT2D eigenvalue weighted by molar-refractivity contribution is 5.83. The topological polar surface area (TPSA) is 67.9 Å². The first-order valence-electron chi connectivity index (χ1n) is 9.95. The Hall–Kier alpha value is -1.40. The molecule has 0 aromatic carbocycles. The molecule has 26 heavy (non-hydrogen) atoms. The van der Waals surface area contributed by atoms with Crippen LogP contribution in [0.2, 0.25) is 0 Å². The van der Waals surface area contributed by atoms with Crippen LogP contribution in [-0.2, 0) is 19.1 Å². The highest BCUT2D eigenvalue weighted by Crippen LogP contribution is 2.34. The Balaban J connectivity index is 1.50. The average molecular weight is 364 g/mol. The molecule has 0 spiro atoms. The van der Waals surface area contributed by atoms with Gasteiger partial charge in [-0.2, -0.15) is 0 Å². The summed E-state index contributed by atoms with van der Waals surface area (Å²) in [6.07, 6.45) is 10.8. The molecule has 1 aliphatic carbocycles. The average Bonchev–Trinajstić information content (AvgIpc) is 3.47. The van der Waals surface area contributed by atoms with Gasteiger partial charge in [-0.1, -0.05) is 25.0 Å². The molecule has 0 bridgehead atoms. The number of rotatable bonds is 8. The van der Waals surface area contributed by atoms with E-state index in [1.54, 1.807) is 7.11 Å². The Bertz CT molecular complexity index is 518. The van der Waals surface area contributed by atoms with Gasteiger partial charge in [0.2, 0.25) is 11.8 Å².